The first-order chi connectivity index (χ1) is 10.9. The van der Waals surface area contributed by atoms with Gasteiger partial charge in [0, 0.05) is 18.2 Å². The van der Waals surface area contributed by atoms with Crippen LogP contribution in [0.5, 0.6) is 5.88 Å². The molecule has 2 heterocycles. The molecule has 0 fully saturated rings. The summed E-state index contributed by atoms with van der Waals surface area (Å²) in [5, 5.41) is 10.1. The molecule has 1 aliphatic rings. The maximum absolute atomic E-state index is 13.6. The zero-order valence-corrected chi connectivity index (χ0v) is 13.8. The first kappa shape index (κ1) is 15.6. The van der Waals surface area contributed by atoms with Crippen LogP contribution < -0.4 is 0 Å². The van der Waals surface area contributed by atoms with Gasteiger partial charge in [-0.3, -0.25) is 4.57 Å². The molecule has 1 aromatic heterocycles. The van der Waals surface area contributed by atoms with E-state index in [1.807, 2.05) is 0 Å². The van der Waals surface area contributed by atoms with E-state index in [1.54, 1.807) is 13.1 Å². The second kappa shape index (κ2) is 5.71. The number of aromatic nitrogens is 1. The Kier molecular flexibility index (Phi) is 3.87. The topological polar surface area (TPSA) is 63.8 Å². The van der Waals surface area contributed by atoms with Crippen molar-refractivity contribution in [3.63, 3.8) is 0 Å². The maximum atomic E-state index is 13.6. The number of ether oxygens (including phenoxy) is 1. The van der Waals surface area contributed by atoms with Crippen LogP contribution in [0.3, 0.4) is 0 Å². The highest BCUT2D eigenvalue weighted by atomic mass is 32.1. The van der Waals surface area contributed by atoms with E-state index in [2.05, 4.69) is 4.99 Å². The van der Waals surface area contributed by atoms with Crippen LogP contribution in [0.15, 0.2) is 23.2 Å². The number of carbonyl (C=O) groups is 1. The van der Waals surface area contributed by atoms with Crippen molar-refractivity contribution in [3.8, 4) is 5.88 Å². The standard InChI is InChI=1S/C15H11FN2O3S2/c1-18-13(19)11(23-15(18)22)6-9-8-5-7(16)3-4-10(8)17-12(9)14(20)21-2/h3-6,19H,1-2H3. The largest absolute Gasteiger partial charge is 0.493 e. The Morgan fingerprint density at radius 1 is 1.52 bits per heavy atom. The summed E-state index contributed by atoms with van der Waals surface area (Å²) in [4.78, 5) is 16.6. The van der Waals surface area contributed by atoms with E-state index < -0.39 is 11.8 Å². The number of thiazole rings is 1. The molecule has 0 unspecified atom stereocenters. The van der Waals surface area contributed by atoms with Gasteiger partial charge < -0.3 is 9.84 Å². The van der Waals surface area contributed by atoms with Gasteiger partial charge in [-0.1, -0.05) is 0 Å². The van der Waals surface area contributed by atoms with E-state index in [9.17, 15) is 14.3 Å². The predicted octanol–water partition coefficient (Wildman–Crippen LogP) is 3.46. The summed E-state index contributed by atoms with van der Waals surface area (Å²) in [5.74, 6) is -1.10. The van der Waals surface area contributed by atoms with E-state index in [0.717, 1.165) is 0 Å². The number of aliphatic imine (C=N–C) groups is 1. The molecule has 5 nitrogen and oxygen atoms in total. The van der Waals surface area contributed by atoms with Crippen molar-refractivity contribution >= 4 is 52.6 Å². The van der Waals surface area contributed by atoms with E-state index in [0.29, 0.717) is 25.7 Å². The van der Waals surface area contributed by atoms with Gasteiger partial charge in [-0.2, -0.15) is 0 Å². The molecule has 0 saturated carbocycles. The van der Waals surface area contributed by atoms with Gasteiger partial charge in [0.2, 0.25) is 5.88 Å². The Hall–Kier alpha value is -2.32. The van der Waals surface area contributed by atoms with Crippen molar-refractivity contribution in [2.45, 2.75) is 0 Å². The molecule has 0 spiro atoms. The normalized spacial score (nSPS) is 14.7. The first-order valence-electron chi connectivity index (χ1n) is 6.50. The summed E-state index contributed by atoms with van der Waals surface area (Å²) >= 11 is 6.29. The Morgan fingerprint density at radius 3 is 2.87 bits per heavy atom. The number of aromatic hydroxyl groups is 1. The smallest absolute Gasteiger partial charge is 0.357 e. The summed E-state index contributed by atoms with van der Waals surface area (Å²) in [6.45, 7) is 0. The fourth-order valence-corrected chi connectivity index (χ4v) is 3.39. The first-order valence-corrected chi connectivity index (χ1v) is 7.72. The number of carbonyl (C=O) groups excluding carboxylic acids is 1. The number of halogens is 1. The van der Waals surface area contributed by atoms with E-state index in [-0.39, 0.29) is 11.6 Å². The lowest BCUT2D eigenvalue weighted by molar-refractivity contribution is -0.132. The fraction of sp³-hybridized carbons (Fsp3) is 0.133. The number of benzene rings is 1. The third kappa shape index (κ3) is 2.60. The number of fused-ring (bicyclic) bond motifs is 1. The Bertz CT molecular complexity index is 941. The average Bonchev–Trinajstić information content (AvgIpc) is 3.00. The Morgan fingerprint density at radius 2 is 2.26 bits per heavy atom. The molecule has 118 valence electrons. The van der Waals surface area contributed by atoms with E-state index >= 15 is 0 Å². The van der Waals surface area contributed by atoms with Crippen LogP contribution in [0.4, 0.5) is 10.1 Å². The molecule has 23 heavy (non-hydrogen) atoms. The van der Waals surface area contributed by atoms with Crippen molar-refractivity contribution in [3.05, 3.63) is 38.4 Å². The molecule has 1 aliphatic heterocycles. The molecule has 0 atom stereocenters. The number of rotatable bonds is 2. The van der Waals surface area contributed by atoms with Crippen molar-refractivity contribution in [2.24, 2.45) is 12.0 Å². The minimum atomic E-state index is -0.633. The van der Waals surface area contributed by atoms with E-state index in [4.69, 9.17) is 17.0 Å². The van der Waals surface area contributed by atoms with Crippen molar-refractivity contribution in [2.75, 3.05) is 7.11 Å². The number of methoxy groups -OCH3 is 1. The second-order valence-corrected chi connectivity index (χ2v) is 6.46. The summed E-state index contributed by atoms with van der Waals surface area (Å²) in [6, 6.07) is 4.05. The molecular formula is C15H11FN2O3S2. The molecule has 2 aromatic rings. The third-order valence-corrected chi connectivity index (χ3v) is 4.89. The van der Waals surface area contributed by atoms with Crippen molar-refractivity contribution < 1.29 is 19.0 Å². The number of nitrogens with zero attached hydrogens (tertiary/aromatic N) is 2. The van der Waals surface area contributed by atoms with Gasteiger partial charge in [0.05, 0.1) is 17.7 Å². The summed E-state index contributed by atoms with van der Waals surface area (Å²) in [6.07, 6.45) is 1.57. The van der Waals surface area contributed by atoms with Crippen LogP contribution in [0.1, 0.15) is 10.4 Å². The lowest BCUT2D eigenvalue weighted by Crippen LogP contribution is -2.14. The molecule has 1 N–H and O–H groups in total. The van der Waals surface area contributed by atoms with Gasteiger partial charge >= 0.3 is 5.97 Å². The lowest BCUT2D eigenvalue weighted by atomic mass is 10.0. The zero-order chi connectivity index (χ0) is 16.7. The van der Waals surface area contributed by atoms with Gasteiger partial charge in [-0.05, 0) is 36.5 Å². The summed E-state index contributed by atoms with van der Waals surface area (Å²) in [5.41, 5.74) is 1.39. The van der Waals surface area contributed by atoms with Crippen LogP contribution in [0.2, 0.25) is 0 Å². The molecule has 1 aromatic carbocycles. The summed E-state index contributed by atoms with van der Waals surface area (Å²) < 4.78 is 20.2. The van der Waals surface area contributed by atoms with Gasteiger partial charge in [0.25, 0.3) is 0 Å². The minimum Gasteiger partial charge on any atom is -0.493 e. The van der Waals surface area contributed by atoms with Crippen LogP contribution in [-0.4, -0.2) is 28.5 Å². The molecule has 3 rings (SSSR count). The minimum absolute atomic E-state index is 0.0263. The van der Waals surface area contributed by atoms with Crippen molar-refractivity contribution in [1.29, 1.82) is 0 Å². The quantitative estimate of drug-likeness (QED) is 0.665. The number of esters is 1. The Labute approximate surface area is 140 Å². The average molecular weight is 350 g/mol. The Balaban J connectivity index is 2.22. The van der Waals surface area contributed by atoms with E-state index in [1.165, 1.54) is 41.2 Å². The summed E-state index contributed by atoms with van der Waals surface area (Å²) in [7, 11) is 2.88. The molecular weight excluding hydrogens is 339 g/mol. The highest BCUT2D eigenvalue weighted by molar-refractivity contribution is 7.73. The van der Waals surface area contributed by atoms with Crippen LogP contribution in [0, 0.1) is 9.77 Å². The van der Waals surface area contributed by atoms with Crippen LogP contribution in [-0.2, 0) is 16.6 Å². The van der Waals surface area contributed by atoms with Crippen LogP contribution >= 0.6 is 23.6 Å². The van der Waals surface area contributed by atoms with Gasteiger partial charge in [0.1, 0.15) is 5.82 Å². The monoisotopic (exact) mass is 350 g/mol. The second-order valence-electron chi connectivity index (χ2n) is 4.79. The van der Waals surface area contributed by atoms with Gasteiger partial charge in [0.15, 0.2) is 9.67 Å². The fourth-order valence-electron chi connectivity index (χ4n) is 2.21. The highest BCUT2D eigenvalue weighted by Gasteiger charge is 2.28. The maximum Gasteiger partial charge on any atom is 0.357 e. The molecule has 8 heteroatoms. The molecule has 0 radical (unpaired) electrons. The van der Waals surface area contributed by atoms with Gasteiger partial charge in [-0.15, -0.1) is 11.3 Å². The van der Waals surface area contributed by atoms with Crippen LogP contribution in [0.25, 0.3) is 11.6 Å². The lowest BCUT2D eigenvalue weighted by Gasteiger charge is -2.04. The highest BCUT2D eigenvalue weighted by Crippen LogP contribution is 2.39. The SMILES string of the molecule is COC(=O)C1=Nc2ccc(F)cc2C1=Cc1sc(=S)n(C)c1O. The number of hydrogen-bond acceptors (Lipinski definition) is 6. The zero-order valence-electron chi connectivity index (χ0n) is 12.2. The molecule has 0 saturated heterocycles. The number of hydrogen-bond donors (Lipinski definition) is 1. The van der Waals surface area contributed by atoms with Crippen molar-refractivity contribution in [1.82, 2.24) is 4.57 Å². The molecule has 0 aliphatic carbocycles. The van der Waals surface area contributed by atoms with Gasteiger partial charge in [-0.25, -0.2) is 14.2 Å². The third-order valence-electron chi connectivity index (χ3n) is 3.40. The molecule has 0 bridgehead atoms. The predicted molar refractivity (Wildman–Crippen MR) is 89.2 cm³/mol. The molecule has 0 amide bonds.